The van der Waals surface area contributed by atoms with Crippen molar-refractivity contribution in [2.75, 3.05) is 18.8 Å². The number of anilines is 1. The number of benzene rings is 2. The summed E-state index contributed by atoms with van der Waals surface area (Å²) >= 11 is 0. The van der Waals surface area contributed by atoms with Gasteiger partial charge in [0.2, 0.25) is 6.79 Å². The highest BCUT2D eigenvalue weighted by Crippen LogP contribution is 2.52. The monoisotopic (exact) mass is 323 g/mol. The van der Waals surface area contributed by atoms with Crippen molar-refractivity contribution in [2.24, 2.45) is 0 Å². The molecule has 5 heteroatoms. The summed E-state index contributed by atoms with van der Waals surface area (Å²) in [5.74, 6) is 1.96. The maximum Gasteiger partial charge on any atom is 0.414 e. The van der Waals surface area contributed by atoms with E-state index in [4.69, 9.17) is 14.2 Å². The van der Waals surface area contributed by atoms with E-state index in [0.29, 0.717) is 5.92 Å². The Morgan fingerprint density at radius 1 is 1.17 bits per heavy atom. The average molecular weight is 323 g/mol. The van der Waals surface area contributed by atoms with E-state index < -0.39 is 0 Å². The normalized spacial score (nSPS) is 22.6. The molecule has 5 rings (SSSR count). The Balaban J connectivity index is 1.70. The van der Waals surface area contributed by atoms with Crippen LogP contribution in [-0.4, -0.2) is 20.0 Å². The summed E-state index contributed by atoms with van der Waals surface area (Å²) in [6.45, 7) is 0.257. The zero-order chi connectivity index (χ0) is 16.3. The first-order valence-electron chi connectivity index (χ1n) is 8.15. The van der Waals surface area contributed by atoms with Gasteiger partial charge in [0.1, 0.15) is 0 Å². The number of carbonyl (C=O) groups excluding carboxylic acids is 1. The molecular weight excluding hydrogens is 306 g/mol. The van der Waals surface area contributed by atoms with Crippen LogP contribution in [0.5, 0.6) is 11.5 Å². The van der Waals surface area contributed by atoms with Crippen molar-refractivity contribution < 1.29 is 19.0 Å². The van der Waals surface area contributed by atoms with Crippen molar-refractivity contribution in [2.45, 2.75) is 24.8 Å². The van der Waals surface area contributed by atoms with E-state index in [-0.39, 0.29) is 18.9 Å². The Labute approximate surface area is 139 Å². The standard InChI is InChI=1S/C19H17NO4/c1-22-19(21)20-15-5-3-2-4-13(15)11-6-12-8-17-18(24-10-23-17)9-14(12)16(20)7-11/h2-5,8-9,11,16H,6-7,10H2,1H3. The molecule has 122 valence electrons. The number of para-hydroxylation sites is 1. The van der Waals surface area contributed by atoms with E-state index in [1.54, 1.807) is 4.90 Å². The van der Waals surface area contributed by atoms with Crippen LogP contribution in [0.3, 0.4) is 0 Å². The number of hydrogen-bond acceptors (Lipinski definition) is 4. The molecule has 0 spiro atoms. The van der Waals surface area contributed by atoms with Crippen molar-refractivity contribution in [3.8, 4) is 11.5 Å². The number of rotatable bonds is 0. The molecular formula is C19H17NO4. The molecule has 1 amide bonds. The maximum atomic E-state index is 12.5. The molecule has 0 radical (unpaired) electrons. The number of hydrogen-bond donors (Lipinski definition) is 0. The minimum absolute atomic E-state index is 0.0319. The summed E-state index contributed by atoms with van der Waals surface area (Å²) in [6.07, 6.45) is 1.53. The predicted molar refractivity (Wildman–Crippen MR) is 87.7 cm³/mol. The van der Waals surface area contributed by atoms with E-state index in [1.165, 1.54) is 18.2 Å². The fourth-order valence-corrected chi connectivity index (χ4v) is 4.26. The quantitative estimate of drug-likeness (QED) is 0.740. The molecule has 3 aliphatic rings. The summed E-state index contributed by atoms with van der Waals surface area (Å²) in [5.41, 5.74) is 4.52. The van der Waals surface area contributed by atoms with Gasteiger partial charge in [0.05, 0.1) is 18.8 Å². The predicted octanol–water partition coefficient (Wildman–Crippen LogP) is 3.77. The third kappa shape index (κ3) is 1.78. The minimum atomic E-state index is -0.323. The Morgan fingerprint density at radius 2 is 1.96 bits per heavy atom. The summed E-state index contributed by atoms with van der Waals surface area (Å²) in [7, 11) is 1.43. The van der Waals surface area contributed by atoms with Gasteiger partial charge in [0.25, 0.3) is 0 Å². The minimum Gasteiger partial charge on any atom is -0.454 e. The fraction of sp³-hybridized carbons (Fsp3) is 0.316. The van der Waals surface area contributed by atoms with Crippen LogP contribution >= 0.6 is 0 Å². The van der Waals surface area contributed by atoms with Crippen molar-refractivity contribution >= 4 is 11.8 Å². The van der Waals surface area contributed by atoms with Crippen LogP contribution in [0.25, 0.3) is 0 Å². The summed E-state index contributed by atoms with van der Waals surface area (Å²) in [5, 5.41) is 0. The van der Waals surface area contributed by atoms with E-state index in [2.05, 4.69) is 12.1 Å². The molecule has 2 aromatic carbocycles. The smallest absolute Gasteiger partial charge is 0.414 e. The molecule has 2 bridgehead atoms. The molecule has 24 heavy (non-hydrogen) atoms. The largest absolute Gasteiger partial charge is 0.454 e. The van der Waals surface area contributed by atoms with Crippen molar-refractivity contribution in [3.63, 3.8) is 0 Å². The maximum absolute atomic E-state index is 12.5. The molecule has 2 unspecified atom stereocenters. The van der Waals surface area contributed by atoms with Crippen molar-refractivity contribution in [1.29, 1.82) is 0 Å². The number of ether oxygens (including phenoxy) is 3. The number of amides is 1. The molecule has 1 aliphatic carbocycles. The summed E-state index contributed by atoms with van der Waals surface area (Å²) in [6, 6.07) is 12.2. The first kappa shape index (κ1) is 13.7. The lowest BCUT2D eigenvalue weighted by atomic mass is 9.73. The lowest BCUT2D eigenvalue weighted by molar-refractivity contribution is 0.172. The van der Waals surface area contributed by atoms with E-state index in [1.807, 2.05) is 24.3 Å². The highest BCUT2D eigenvalue weighted by Gasteiger charge is 2.42. The number of nitrogens with zero attached hydrogens (tertiary/aromatic N) is 1. The molecule has 0 fully saturated rings. The third-order valence-corrected chi connectivity index (χ3v) is 5.29. The van der Waals surface area contributed by atoms with Gasteiger partial charge in [-0.25, -0.2) is 4.79 Å². The van der Waals surface area contributed by atoms with Crippen LogP contribution in [0, 0.1) is 0 Å². The topological polar surface area (TPSA) is 48.0 Å². The SMILES string of the molecule is COC(=O)N1c2ccccc2C2Cc3cc4c(cc3C1C2)OCO4. The van der Waals surface area contributed by atoms with Crippen LogP contribution in [0.4, 0.5) is 10.5 Å². The average Bonchev–Trinajstić information content (AvgIpc) is 3.07. The zero-order valence-electron chi connectivity index (χ0n) is 13.3. The molecule has 2 aromatic rings. The Kier molecular flexibility index (Phi) is 2.80. The van der Waals surface area contributed by atoms with Crippen LogP contribution in [0.2, 0.25) is 0 Å². The second-order valence-corrected chi connectivity index (χ2v) is 6.46. The van der Waals surface area contributed by atoms with Gasteiger partial charge in [-0.3, -0.25) is 4.90 Å². The lowest BCUT2D eigenvalue weighted by Gasteiger charge is -2.44. The lowest BCUT2D eigenvalue weighted by Crippen LogP contribution is -2.42. The Hall–Kier alpha value is -2.69. The molecule has 2 atom stereocenters. The summed E-state index contributed by atoms with van der Waals surface area (Å²) < 4.78 is 16.1. The van der Waals surface area contributed by atoms with Crippen molar-refractivity contribution in [3.05, 3.63) is 53.1 Å². The summed E-state index contributed by atoms with van der Waals surface area (Å²) in [4.78, 5) is 14.3. The van der Waals surface area contributed by atoms with Gasteiger partial charge >= 0.3 is 6.09 Å². The van der Waals surface area contributed by atoms with Gasteiger partial charge in [-0.2, -0.15) is 0 Å². The van der Waals surface area contributed by atoms with E-state index >= 15 is 0 Å². The second kappa shape index (κ2) is 4.90. The highest BCUT2D eigenvalue weighted by molar-refractivity contribution is 5.91. The molecule has 0 N–H and O–H groups in total. The van der Waals surface area contributed by atoms with Gasteiger partial charge in [-0.15, -0.1) is 0 Å². The van der Waals surface area contributed by atoms with E-state index in [0.717, 1.165) is 35.6 Å². The number of carbonyl (C=O) groups is 1. The van der Waals surface area contributed by atoms with E-state index in [9.17, 15) is 4.79 Å². The molecule has 2 heterocycles. The van der Waals surface area contributed by atoms with Gasteiger partial charge in [0, 0.05) is 0 Å². The van der Waals surface area contributed by atoms with Gasteiger partial charge in [-0.1, -0.05) is 18.2 Å². The fourth-order valence-electron chi connectivity index (χ4n) is 4.26. The Bertz CT molecular complexity index is 847. The molecule has 0 saturated heterocycles. The third-order valence-electron chi connectivity index (χ3n) is 5.29. The second-order valence-electron chi connectivity index (χ2n) is 6.46. The molecule has 0 saturated carbocycles. The first-order chi connectivity index (χ1) is 11.8. The van der Waals surface area contributed by atoms with Gasteiger partial charge in [0.15, 0.2) is 11.5 Å². The van der Waals surface area contributed by atoms with Gasteiger partial charge < -0.3 is 14.2 Å². The van der Waals surface area contributed by atoms with Crippen molar-refractivity contribution in [1.82, 2.24) is 0 Å². The number of methoxy groups -OCH3 is 1. The molecule has 0 aromatic heterocycles. The van der Waals surface area contributed by atoms with Gasteiger partial charge in [-0.05, 0) is 53.6 Å². The zero-order valence-corrected chi connectivity index (χ0v) is 13.3. The molecule has 2 aliphatic heterocycles. The molecule has 5 nitrogen and oxygen atoms in total. The van der Waals surface area contributed by atoms with Crippen LogP contribution in [0.15, 0.2) is 36.4 Å². The van der Waals surface area contributed by atoms with Crippen LogP contribution in [-0.2, 0) is 11.2 Å². The first-order valence-corrected chi connectivity index (χ1v) is 8.15. The Morgan fingerprint density at radius 3 is 2.79 bits per heavy atom. The van der Waals surface area contributed by atoms with Crippen LogP contribution < -0.4 is 14.4 Å². The highest BCUT2D eigenvalue weighted by atomic mass is 16.7. The van der Waals surface area contributed by atoms with Crippen LogP contribution in [0.1, 0.15) is 35.1 Å². The number of fused-ring (bicyclic) bond motifs is 7.